The quantitative estimate of drug-likeness (QED) is 0.791. The Labute approximate surface area is 93.0 Å². The lowest BCUT2D eigenvalue weighted by molar-refractivity contribution is 0.577. The van der Waals surface area contributed by atoms with Crippen molar-refractivity contribution in [3.05, 3.63) is 52.0 Å². The molecule has 0 spiro atoms. The zero-order chi connectivity index (χ0) is 10.1. The molecule has 76 valence electrons. The zero-order valence-corrected chi connectivity index (χ0v) is 9.13. The fraction of sp³-hybridized carbons (Fsp3) is 0.250. The van der Waals surface area contributed by atoms with Crippen molar-refractivity contribution >= 4 is 11.3 Å². The predicted octanol–water partition coefficient (Wildman–Crippen LogP) is 2.38. The Morgan fingerprint density at radius 1 is 1.40 bits per heavy atom. The van der Waals surface area contributed by atoms with Crippen LogP contribution >= 0.6 is 11.3 Å². The zero-order valence-electron chi connectivity index (χ0n) is 8.31. The predicted molar refractivity (Wildman–Crippen MR) is 62.1 cm³/mol. The van der Waals surface area contributed by atoms with Crippen LogP contribution < -0.4 is 5.32 Å². The van der Waals surface area contributed by atoms with E-state index in [1.165, 1.54) is 16.0 Å². The van der Waals surface area contributed by atoms with Crippen molar-refractivity contribution in [2.75, 3.05) is 6.54 Å². The van der Waals surface area contributed by atoms with E-state index in [0.717, 1.165) is 13.0 Å². The fourth-order valence-electron chi connectivity index (χ4n) is 2.07. The van der Waals surface area contributed by atoms with Gasteiger partial charge in [0.15, 0.2) is 0 Å². The summed E-state index contributed by atoms with van der Waals surface area (Å²) >= 11 is 1.84. The number of hydrogen-bond donors (Lipinski definition) is 1. The average molecular weight is 216 g/mol. The molecule has 0 amide bonds. The summed E-state index contributed by atoms with van der Waals surface area (Å²) in [5.74, 6) is 0. The second kappa shape index (κ2) is 3.76. The third-order valence-electron chi connectivity index (χ3n) is 2.80. The second-order valence-electron chi connectivity index (χ2n) is 3.73. The van der Waals surface area contributed by atoms with Crippen molar-refractivity contribution in [1.82, 2.24) is 10.3 Å². The molecule has 0 fully saturated rings. The van der Waals surface area contributed by atoms with E-state index in [2.05, 4.69) is 27.8 Å². The van der Waals surface area contributed by atoms with Crippen molar-refractivity contribution in [3.63, 3.8) is 0 Å². The van der Waals surface area contributed by atoms with Crippen molar-refractivity contribution in [2.24, 2.45) is 0 Å². The normalized spacial score (nSPS) is 19.9. The summed E-state index contributed by atoms with van der Waals surface area (Å²) in [4.78, 5) is 5.63. The van der Waals surface area contributed by atoms with Crippen LogP contribution in [0.4, 0.5) is 0 Å². The number of thiophene rings is 1. The van der Waals surface area contributed by atoms with Crippen LogP contribution in [0, 0.1) is 0 Å². The topological polar surface area (TPSA) is 24.9 Å². The van der Waals surface area contributed by atoms with Crippen molar-refractivity contribution < 1.29 is 0 Å². The molecule has 0 radical (unpaired) electrons. The van der Waals surface area contributed by atoms with Gasteiger partial charge in [-0.15, -0.1) is 11.3 Å². The molecule has 15 heavy (non-hydrogen) atoms. The van der Waals surface area contributed by atoms with E-state index in [4.69, 9.17) is 0 Å². The van der Waals surface area contributed by atoms with Crippen LogP contribution in [0.2, 0.25) is 0 Å². The van der Waals surface area contributed by atoms with Crippen LogP contribution in [0.25, 0.3) is 0 Å². The number of fused-ring (bicyclic) bond motifs is 1. The molecule has 3 heterocycles. The minimum Gasteiger partial charge on any atom is -0.305 e. The molecule has 0 aromatic carbocycles. The van der Waals surface area contributed by atoms with Crippen LogP contribution in [-0.2, 0) is 6.42 Å². The first kappa shape index (κ1) is 9.07. The van der Waals surface area contributed by atoms with Gasteiger partial charge in [0.25, 0.3) is 0 Å². The fourth-order valence-corrected chi connectivity index (χ4v) is 3.12. The maximum atomic E-state index is 4.18. The number of rotatable bonds is 1. The molecule has 1 unspecified atom stereocenters. The lowest BCUT2D eigenvalue weighted by Crippen LogP contribution is -2.29. The van der Waals surface area contributed by atoms with Crippen LogP contribution in [0.15, 0.2) is 36.0 Å². The highest BCUT2D eigenvalue weighted by molar-refractivity contribution is 7.10. The summed E-state index contributed by atoms with van der Waals surface area (Å²) in [6.07, 6.45) is 4.92. The molecule has 1 aliphatic rings. The number of hydrogen-bond acceptors (Lipinski definition) is 3. The van der Waals surface area contributed by atoms with Crippen molar-refractivity contribution in [3.8, 4) is 0 Å². The van der Waals surface area contributed by atoms with E-state index in [-0.39, 0.29) is 0 Å². The molecule has 1 N–H and O–H groups in total. The highest BCUT2D eigenvalue weighted by Gasteiger charge is 2.22. The molecule has 0 saturated carbocycles. The van der Waals surface area contributed by atoms with E-state index < -0.39 is 0 Å². The third-order valence-corrected chi connectivity index (χ3v) is 3.83. The Morgan fingerprint density at radius 3 is 3.27 bits per heavy atom. The van der Waals surface area contributed by atoms with Gasteiger partial charge in [-0.25, -0.2) is 0 Å². The molecular weight excluding hydrogens is 204 g/mol. The maximum absolute atomic E-state index is 4.18. The van der Waals surface area contributed by atoms with Gasteiger partial charge in [-0.05, 0) is 35.1 Å². The van der Waals surface area contributed by atoms with Crippen LogP contribution in [0.1, 0.15) is 22.0 Å². The smallest absolute Gasteiger partial charge is 0.0689 e. The lowest BCUT2D eigenvalue weighted by atomic mass is 9.99. The first-order valence-electron chi connectivity index (χ1n) is 5.15. The van der Waals surface area contributed by atoms with Gasteiger partial charge < -0.3 is 5.32 Å². The van der Waals surface area contributed by atoms with Gasteiger partial charge in [-0.1, -0.05) is 6.07 Å². The molecule has 0 saturated heterocycles. The number of nitrogens with one attached hydrogen (secondary N) is 1. The third kappa shape index (κ3) is 1.58. The van der Waals surface area contributed by atoms with Crippen molar-refractivity contribution in [1.29, 1.82) is 0 Å². The molecule has 1 atom stereocenters. The lowest BCUT2D eigenvalue weighted by Gasteiger charge is -2.23. The standard InChI is InChI=1S/C12H12N2S/c1-2-10(8-13-5-1)11-12-9(3-6-14-11)4-7-15-12/h1-2,4-5,7-8,11,14H,3,6H2. The average Bonchev–Trinajstić information content (AvgIpc) is 2.78. The highest BCUT2D eigenvalue weighted by Crippen LogP contribution is 2.32. The number of pyridine rings is 1. The van der Waals surface area contributed by atoms with Crippen LogP contribution in [0.5, 0.6) is 0 Å². The van der Waals surface area contributed by atoms with E-state index in [9.17, 15) is 0 Å². The summed E-state index contributed by atoms with van der Waals surface area (Å²) in [5.41, 5.74) is 2.76. The van der Waals surface area contributed by atoms with Gasteiger partial charge in [0, 0.05) is 23.8 Å². The van der Waals surface area contributed by atoms with Gasteiger partial charge in [-0.2, -0.15) is 0 Å². The summed E-state index contributed by atoms with van der Waals surface area (Å²) in [7, 11) is 0. The number of aromatic nitrogens is 1. The highest BCUT2D eigenvalue weighted by atomic mass is 32.1. The largest absolute Gasteiger partial charge is 0.305 e. The van der Waals surface area contributed by atoms with E-state index >= 15 is 0 Å². The second-order valence-corrected chi connectivity index (χ2v) is 4.68. The Kier molecular flexibility index (Phi) is 2.27. The Bertz CT molecular complexity index is 450. The molecule has 0 bridgehead atoms. The van der Waals surface area contributed by atoms with Crippen LogP contribution in [0.3, 0.4) is 0 Å². The minimum absolute atomic E-state index is 0.349. The SMILES string of the molecule is c1cncc(C2NCCc3ccsc32)c1. The molecule has 1 aliphatic heterocycles. The Hall–Kier alpha value is -1.19. The summed E-state index contributed by atoms with van der Waals surface area (Å²) in [5, 5.41) is 5.73. The van der Waals surface area contributed by atoms with E-state index in [1.807, 2.05) is 29.8 Å². The molecule has 3 heteroatoms. The summed E-state index contributed by atoms with van der Waals surface area (Å²) < 4.78 is 0. The molecule has 3 rings (SSSR count). The summed E-state index contributed by atoms with van der Waals surface area (Å²) in [6.45, 7) is 1.06. The maximum Gasteiger partial charge on any atom is 0.0689 e. The van der Waals surface area contributed by atoms with Crippen molar-refractivity contribution in [2.45, 2.75) is 12.5 Å². The molecular formula is C12H12N2S. The van der Waals surface area contributed by atoms with Gasteiger partial charge in [0.1, 0.15) is 0 Å². The van der Waals surface area contributed by atoms with E-state index in [0.29, 0.717) is 6.04 Å². The first-order valence-corrected chi connectivity index (χ1v) is 6.03. The Morgan fingerprint density at radius 2 is 2.40 bits per heavy atom. The van der Waals surface area contributed by atoms with Gasteiger partial charge >= 0.3 is 0 Å². The monoisotopic (exact) mass is 216 g/mol. The molecule has 2 aromatic heterocycles. The molecule has 0 aliphatic carbocycles. The Balaban J connectivity index is 2.03. The van der Waals surface area contributed by atoms with E-state index in [1.54, 1.807) is 0 Å². The van der Waals surface area contributed by atoms with Gasteiger partial charge in [0.2, 0.25) is 0 Å². The van der Waals surface area contributed by atoms with Crippen LogP contribution in [-0.4, -0.2) is 11.5 Å². The first-order chi connectivity index (χ1) is 7.45. The minimum atomic E-state index is 0.349. The number of nitrogens with zero attached hydrogens (tertiary/aromatic N) is 1. The summed E-state index contributed by atoms with van der Waals surface area (Å²) in [6, 6.07) is 6.73. The molecule has 2 nitrogen and oxygen atoms in total. The van der Waals surface area contributed by atoms with Gasteiger partial charge in [0.05, 0.1) is 6.04 Å². The van der Waals surface area contributed by atoms with Gasteiger partial charge in [-0.3, -0.25) is 4.98 Å². The molecule has 2 aromatic rings.